The lowest BCUT2D eigenvalue weighted by atomic mass is 9.46. The molecule has 160 valence electrons. The van der Waals surface area contributed by atoms with Crippen molar-refractivity contribution in [3.8, 4) is 0 Å². The summed E-state index contributed by atoms with van der Waals surface area (Å²) < 4.78 is 0. The van der Waals surface area contributed by atoms with Gasteiger partial charge in [-0.05, 0) is 60.2 Å². The molecule has 1 heterocycles. The summed E-state index contributed by atoms with van der Waals surface area (Å²) in [5.41, 5.74) is 5.65. The van der Waals surface area contributed by atoms with Crippen molar-refractivity contribution in [2.75, 3.05) is 4.90 Å². The number of nitrogens with zero attached hydrogens (tertiary/aromatic N) is 1. The predicted molar refractivity (Wildman–Crippen MR) is 123 cm³/mol. The lowest BCUT2D eigenvalue weighted by Gasteiger charge is -2.55. The van der Waals surface area contributed by atoms with Crippen molar-refractivity contribution < 1.29 is 14.7 Å². The Morgan fingerprint density at radius 1 is 0.875 bits per heavy atom. The number of rotatable bonds is 2. The van der Waals surface area contributed by atoms with E-state index in [9.17, 15) is 14.7 Å². The van der Waals surface area contributed by atoms with Gasteiger partial charge in [0.2, 0.25) is 11.8 Å². The second-order valence-corrected chi connectivity index (χ2v) is 9.50. The van der Waals surface area contributed by atoms with Crippen LogP contribution in [0.3, 0.4) is 0 Å². The van der Waals surface area contributed by atoms with Gasteiger partial charge in [0.1, 0.15) is 0 Å². The molecule has 0 spiro atoms. The third kappa shape index (κ3) is 2.11. The van der Waals surface area contributed by atoms with Crippen LogP contribution in [0.2, 0.25) is 0 Å². The van der Waals surface area contributed by atoms with Crippen molar-refractivity contribution >= 4 is 17.5 Å². The molecule has 0 aromatic heterocycles. The van der Waals surface area contributed by atoms with E-state index in [-0.39, 0.29) is 17.7 Å². The number of hydrogen-bond donors (Lipinski definition) is 1. The summed E-state index contributed by atoms with van der Waals surface area (Å²) in [6.45, 7) is 5.65. The number of benzene rings is 3. The zero-order chi connectivity index (χ0) is 22.4. The van der Waals surface area contributed by atoms with Gasteiger partial charge in [-0.25, -0.2) is 4.90 Å². The van der Waals surface area contributed by atoms with Crippen molar-refractivity contribution in [1.82, 2.24) is 0 Å². The van der Waals surface area contributed by atoms with E-state index in [1.54, 1.807) is 6.92 Å². The van der Waals surface area contributed by atoms with Gasteiger partial charge in [-0.1, -0.05) is 60.7 Å². The summed E-state index contributed by atoms with van der Waals surface area (Å²) >= 11 is 0. The van der Waals surface area contributed by atoms with Crippen molar-refractivity contribution in [2.45, 2.75) is 38.2 Å². The molecular weight excluding hydrogens is 398 g/mol. The molecule has 1 fully saturated rings. The average molecular weight is 424 g/mol. The molecule has 3 aromatic carbocycles. The fraction of sp³-hybridized carbons (Fsp3) is 0.286. The second-order valence-electron chi connectivity index (χ2n) is 9.50. The summed E-state index contributed by atoms with van der Waals surface area (Å²) in [4.78, 5) is 29.5. The smallest absolute Gasteiger partial charge is 0.239 e. The van der Waals surface area contributed by atoms with Gasteiger partial charge in [0, 0.05) is 5.92 Å². The van der Waals surface area contributed by atoms with Gasteiger partial charge in [-0.2, -0.15) is 0 Å². The molecule has 1 saturated heterocycles. The molecule has 2 bridgehead atoms. The predicted octanol–water partition coefficient (Wildman–Crippen LogP) is 4.24. The molecule has 0 radical (unpaired) electrons. The zero-order valence-corrected chi connectivity index (χ0v) is 18.4. The van der Waals surface area contributed by atoms with E-state index < -0.39 is 23.4 Å². The van der Waals surface area contributed by atoms with Crippen molar-refractivity contribution in [2.24, 2.45) is 11.8 Å². The summed E-state index contributed by atoms with van der Waals surface area (Å²) in [7, 11) is 0. The first-order chi connectivity index (χ1) is 15.4. The highest BCUT2D eigenvalue weighted by atomic mass is 16.3. The largest absolute Gasteiger partial charge is 0.392 e. The molecule has 1 aliphatic heterocycles. The normalized spacial score (nSPS) is 28.4. The highest BCUT2D eigenvalue weighted by Crippen LogP contribution is 2.65. The summed E-state index contributed by atoms with van der Waals surface area (Å²) in [5, 5.41) is 11.4. The zero-order valence-electron chi connectivity index (χ0n) is 18.4. The molecule has 2 amide bonds. The molecule has 4 nitrogen and oxygen atoms in total. The van der Waals surface area contributed by atoms with Crippen molar-refractivity contribution in [3.05, 3.63) is 100 Å². The quantitative estimate of drug-likeness (QED) is 0.628. The third-order valence-corrected chi connectivity index (χ3v) is 7.95. The first-order valence-corrected chi connectivity index (χ1v) is 11.2. The molecule has 1 N–H and O–H groups in total. The molecule has 3 aromatic rings. The van der Waals surface area contributed by atoms with E-state index in [0.717, 1.165) is 33.4 Å². The first-order valence-electron chi connectivity index (χ1n) is 11.2. The number of aliphatic hydroxyl groups is 1. The van der Waals surface area contributed by atoms with E-state index in [4.69, 9.17) is 0 Å². The Hall–Kier alpha value is -3.24. The lowest BCUT2D eigenvalue weighted by Crippen LogP contribution is -2.58. The maximum Gasteiger partial charge on any atom is 0.239 e. The van der Waals surface area contributed by atoms with Crippen LogP contribution in [-0.4, -0.2) is 23.0 Å². The minimum absolute atomic E-state index is 0.160. The second kappa shape index (κ2) is 6.39. The molecular formula is C28H25NO3. The minimum atomic E-state index is -0.953. The van der Waals surface area contributed by atoms with Crippen LogP contribution in [0, 0.1) is 25.7 Å². The van der Waals surface area contributed by atoms with Crippen LogP contribution >= 0.6 is 0 Å². The SMILES string of the molecule is Cc1ccc(C)c(N2C(=O)[C@@H]3[C@@H](C2=O)C2c4ccccc4C3([C@@H](C)O)c3ccccc32)c1. The monoisotopic (exact) mass is 423 g/mol. The average Bonchev–Trinajstić information content (AvgIpc) is 3.06. The lowest BCUT2D eigenvalue weighted by molar-refractivity contribution is -0.126. The summed E-state index contributed by atoms with van der Waals surface area (Å²) in [5.74, 6) is -1.72. The van der Waals surface area contributed by atoms with Crippen LogP contribution in [0.1, 0.15) is 46.2 Å². The van der Waals surface area contributed by atoms with Crippen molar-refractivity contribution in [3.63, 3.8) is 0 Å². The molecule has 0 unspecified atom stereocenters. The van der Waals surface area contributed by atoms with E-state index in [1.165, 1.54) is 4.90 Å². The number of amides is 2. The third-order valence-electron chi connectivity index (χ3n) is 7.95. The van der Waals surface area contributed by atoms with Gasteiger partial charge in [0.25, 0.3) is 0 Å². The Morgan fingerprint density at radius 2 is 1.47 bits per heavy atom. The molecule has 7 rings (SSSR count). The maximum atomic E-state index is 14.1. The van der Waals surface area contributed by atoms with Crippen LogP contribution in [0.15, 0.2) is 66.7 Å². The first kappa shape index (κ1) is 19.4. The topological polar surface area (TPSA) is 57.6 Å². The number of anilines is 1. The Morgan fingerprint density at radius 3 is 2.06 bits per heavy atom. The maximum absolute atomic E-state index is 14.1. The highest BCUT2D eigenvalue weighted by molar-refractivity contribution is 6.24. The van der Waals surface area contributed by atoms with Crippen molar-refractivity contribution in [1.29, 1.82) is 0 Å². The Bertz CT molecular complexity index is 1260. The number of aryl methyl sites for hydroxylation is 2. The van der Waals surface area contributed by atoms with Gasteiger partial charge in [-0.3, -0.25) is 9.59 Å². The number of hydrogen-bond acceptors (Lipinski definition) is 3. The number of carbonyl (C=O) groups is 2. The Balaban J connectivity index is 1.67. The van der Waals surface area contributed by atoms with Crippen LogP contribution in [0.25, 0.3) is 0 Å². The minimum Gasteiger partial charge on any atom is -0.392 e. The number of imide groups is 1. The molecule has 0 saturated carbocycles. The van der Waals surface area contributed by atoms with E-state index in [2.05, 4.69) is 12.1 Å². The Labute approximate surface area is 187 Å². The summed E-state index contributed by atoms with van der Waals surface area (Å²) in [6.07, 6.45) is -0.839. The number of carbonyl (C=O) groups excluding carboxylic acids is 2. The van der Waals surface area contributed by atoms with Gasteiger partial charge >= 0.3 is 0 Å². The van der Waals surface area contributed by atoms with Gasteiger partial charge in [0.15, 0.2) is 0 Å². The number of aliphatic hydroxyl groups excluding tert-OH is 1. The van der Waals surface area contributed by atoms with Crippen LogP contribution in [0.5, 0.6) is 0 Å². The van der Waals surface area contributed by atoms with E-state index in [0.29, 0.717) is 5.69 Å². The molecule has 32 heavy (non-hydrogen) atoms. The van der Waals surface area contributed by atoms with Crippen LogP contribution in [-0.2, 0) is 15.0 Å². The Kier molecular flexibility index (Phi) is 3.89. The highest BCUT2D eigenvalue weighted by Gasteiger charge is 2.69. The molecule has 4 aliphatic rings. The van der Waals surface area contributed by atoms with E-state index >= 15 is 0 Å². The fourth-order valence-corrected chi connectivity index (χ4v) is 6.74. The van der Waals surface area contributed by atoms with E-state index in [1.807, 2.05) is 68.4 Å². The van der Waals surface area contributed by atoms with Gasteiger partial charge in [0.05, 0.1) is 29.0 Å². The molecule has 3 aliphatic carbocycles. The standard InChI is InChI=1S/C28H25NO3/c1-15-12-13-16(2)22(14-15)29-26(31)24-23-18-8-4-6-10-20(18)28(17(3)30,25(24)27(29)32)21-11-7-5-9-19(21)23/h4-14,17,23-25,30H,1-3H3/t17-,23?,24+,25+,28?/m1/s1. The van der Waals surface area contributed by atoms with Gasteiger partial charge in [-0.15, -0.1) is 0 Å². The summed E-state index contributed by atoms with van der Waals surface area (Å²) in [6, 6.07) is 21.9. The fourth-order valence-electron chi connectivity index (χ4n) is 6.74. The van der Waals surface area contributed by atoms with Crippen LogP contribution < -0.4 is 4.90 Å². The molecule has 3 atom stereocenters. The van der Waals surface area contributed by atoms with Gasteiger partial charge < -0.3 is 5.11 Å². The van der Waals surface area contributed by atoms with Crippen LogP contribution in [0.4, 0.5) is 5.69 Å². The molecule has 4 heteroatoms.